The minimum atomic E-state index is -0.195. The number of benzene rings is 2. The number of carbonyl (C=O) groups excluding carboxylic acids is 1. The number of hydrogen-bond acceptors (Lipinski definition) is 6. The number of likely N-dealkylation sites (N-methyl/N-ethyl adjacent to an activating group) is 1. The van der Waals surface area contributed by atoms with E-state index >= 15 is 0 Å². The van der Waals surface area contributed by atoms with Gasteiger partial charge in [-0.3, -0.25) is 4.79 Å². The van der Waals surface area contributed by atoms with Gasteiger partial charge in [0.1, 0.15) is 12.3 Å². The van der Waals surface area contributed by atoms with Crippen LogP contribution in [0.1, 0.15) is 11.6 Å². The lowest BCUT2D eigenvalue weighted by Crippen LogP contribution is -2.36. The molecule has 0 saturated heterocycles. The van der Waals surface area contributed by atoms with Gasteiger partial charge in [-0.15, -0.1) is 10.2 Å². The van der Waals surface area contributed by atoms with E-state index in [2.05, 4.69) is 20.7 Å². The first-order valence-electron chi connectivity index (χ1n) is 9.07. The topological polar surface area (TPSA) is 85.2 Å². The third kappa shape index (κ3) is 5.52. The Morgan fingerprint density at radius 3 is 2.69 bits per heavy atom. The van der Waals surface area contributed by atoms with Gasteiger partial charge in [-0.25, -0.2) is 0 Å². The van der Waals surface area contributed by atoms with Gasteiger partial charge in [-0.05, 0) is 61.3 Å². The number of carbonyl (C=O) groups is 1. The molecule has 1 atom stereocenters. The number of tetrazole rings is 1. The van der Waals surface area contributed by atoms with Crippen LogP contribution in [0.15, 0.2) is 48.5 Å². The predicted octanol–water partition coefficient (Wildman–Crippen LogP) is 2.42. The summed E-state index contributed by atoms with van der Waals surface area (Å²) >= 11 is 5.89. The molecule has 3 aromatic rings. The zero-order chi connectivity index (χ0) is 20.8. The molecule has 9 heteroatoms. The summed E-state index contributed by atoms with van der Waals surface area (Å²) in [6, 6.07) is 14.9. The van der Waals surface area contributed by atoms with E-state index in [4.69, 9.17) is 16.3 Å². The Morgan fingerprint density at radius 1 is 1.24 bits per heavy atom. The highest BCUT2D eigenvalue weighted by atomic mass is 35.5. The van der Waals surface area contributed by atoms with E-state index in [1.165, 1.54) is 4.80 Å². The van der Waals surface area contributed by atoms with Crippen LogP contribution in [-0.4, -0.2) is 58.8 Å². The molecular weight excluding hydrogens is 392 g/mol. The summed E-state index contributed by atoms with van der Waals surface area (Å²) in [5.41, 5.74) is 1.84. The summed E-state index contributed by atoms with van der Waals surface area (Å²) in [7, 11) is 5.57. The van der Waals surface area contributed by atoms with Crippen LogP contribution in [0.2, 0.25) is 5.02 Å². The second kappa shape index (κ2) is 9.49. The molecule has 29 heavy (non-hydrogen) atoms. The molecule has 0 bridgehead atoms. The van der Waals surface area contributed by atoms with E-state index < -0.39 is 0 Å². The fourth-order valence-corrected chi connectivity index (χ4v) is 2.99. The van der Waals surface area contributed by atoms with Crippen LogP contribution in [0.5, 0.6) is 5.75 Å². The maximum Gasteiger partial charge on any atom is 0.243 e. The molecule has 0 spiro atoms. The largest absolute Gasteiger partial charge is 0.497 e. The number of ether oxygens (including phenoxy) is 1. The summed E-state index contributed by atoms with van der Waals surface area (Å²) in [6.07, 6.45) is 0. The molecule has 0 aliphatic rings. The Kier molecular flexibility index (Phi) is 6.79. The molecule has 0 aliphatic heterocycles. The van der Waals surface area contributed by atoms with Gasteiger partial charge in [0.2, 0.25) is 11.7 Å². The normalized spacial score (nSPS) is 12.0. The van der Waals surface area contributed by atoms with Crippen molar-refractivity contribution in [3.8, 4) is 17.1 Å². The number of rotatable bonds is 8. The summed E-state index contributed by atoms with van der Waals surface area (Å²) < 4.78 is 5.29. The molecule has 1 N–H and O–H groups in total. The lowest BCUT2D eigenvalue weighted by Gasteiger charge is -2.25. The molecule has 1 unspecified atom stereocenters. The molecule has 1 aromatic heterocycles. The molecule has 152 valence electrons. The maximum atomic E-state index is 12.4. The SMILES string of the molecule is COc1cccc(C(CNC(=O)Cn2nnc(-c3ccc(Cl)cc3)n2)N(C)C)c1. The van der Waals surface area contributed by atoms with Crippen molar-refractivity contribution in [2.75, 3.05) is 27.7 Å². The summed E-state index contributed by atoms with van der Waals surface area (Å²) in [4.78, 5) is 15.7. The minimum absolute atomic E-state index is 0.00221. The molecule has 3 rings (SSSR count). The van der Waals surface area contributed by atoms with Crippen molar-refractivity contribution in [3.05, 3.63) is 59.1 Å². The van der Waals surface area contributed by atoms with E-state index in [1.807, 2.05) is 43.3 Å². The van der Waals surface area contributed by atoms with Gasteiger partial charge in [0.05, 0.1) is 13.2 Å². The van der Waals surface area contributed by atoms with Crippen molar-refractivity contribution in [2.45, 2.75) is 12.6 Å². The van der Waals surface area contributed by atoms with Gasteiger partial charge in [-0.1, -0.05) is 23.7 Å². The van der Waals surface area contributed by atoms with E-state index in [9.17, 15) is 4.79 Å². The van der Waals surface area contributed by atoms with Crippen LogP contribution in [0.3, 0.4) is 0 Å². The fourth-order valence-electron chi connectivity index (χ4n) is 2.87. The first kappa shape index (κ1) is 20.8. The van der Waals surface area contributed by atoms with Crippen LogP contribution in [0.25, 0.3) is 11.4 Å². The summed E-state index contributed by atoms with van der Waals surface area (Å²) in [5, 5.41) is 15.8. The lowest BCUT2D eigenvalue weighted by atomic mass is 10.1. The van der Waals surface area contributed by atoms with Gasteiger partial charge < -0.3 is 15.0 Å². The minimum Gasteiger partial charge on any atom is -0.497 e. The summed E-state index contributed by atoms with van der Waals surface area (Å²) in [5.74, 6) is 1.03. The second-order valence-electron chi connectivity index (χ2n) is 6.71. The van der Waals surface area contributed by atoms with Crippen molar-refractivity contribution in [1.29, 1.82) is 0 Å². The number of amides is 1. The Labute approximate surface area is 174 Å². The molecule has 1 heterocycles. The van der Waals surface area contributed by atoms with Crippen LogP contribution < -0.4 is 10.1 Å². The first-order valence-corrected chi connectivity index (χ1v) is 9.45. The molecule has 1 amide bonds. The van der Waals surface area contributed by atoms with Crippen molar-refractivity contribution < 1.29 is 9.53 Å². The van der Waals surface area contributed by atoms with Crippen LogP contribution in [0.4, 0.5) is 0 Å². The monoisotopic (exact) mass is 414 g/mol. The van der Waals surface area contributed by atoms with Gasteiger partial charge in [0.25, 0.3) is 0 Å². The van der Waals surface area contributed by atoms with Crippen molar-refractivity contribution in [2.24, 2.45) is 0 Å². The van der Waals surface area contributed by atoms with Crippen LogP contribution >= 0.6 is 11.6 Å². The van der Waals surface area contributed by atoms with Gasteiger partial charge in [-0.2, -0.15) is 4.80 Å². The van der Waals surface area contributed by atoms with Crippen LogP contribution in [0, 0.1) is 0 Å². The van der Waals surface area contributed by atoms with E-state index in [0.29, 0.717) is 17.4 Å². The van der Waals surface area contributed by atoms with Gasteiger partial charge >= 0.3 is 0 Å². The Hall–Kier alpha value is -2.97. The highest BCUT2D eigenvalue weighted by molar-refractivity contribution is 6.30. The van der Waals surface area contributed by atoms with Crippen LogP contribution in [-0.2, 0) is 11.3 Å². The Bertz CT molecular complexity index is 958. The predicted molar refractivity (Wildman–Crippen MR) is 111 cm³/mol. The molecule has 0 radical (unpaired) electrons. The molecule has 8 nitrogen and oxygen atoms in total. The molecule has 2 aromatic carbocycles. The number of nitrogens with zero attached hydrogens (tertiary/aromatic N) is 5. The zero-order valence-corrected chi connectivity index (χ0v) is 17.3. The second-order valence-corrected chi connectivity index (χ2v) is 7.15. The molecule has 0 saturated carbocycles. The first-order chi connectivity index (χ1) is 14.0. The van der Waals surface area contributed by atoms with Crippen molar-refractivity contribution in [1.82, 2.24) is 30.4 Å². The lowest BCUT2D eigenvalue weighted by molar-refractivity contribution is -0.122. The summed E-state index contributed by atoms with van der Waals surface area (Å²) in [6.45, 7) is 0.427. The van der Waals surface area contributed by atoms with E-state index in [1.54, 1.807) is 31.4 Å². The van der Waals surface area contributed by atoms with E-state index in [-0.39, 0.29) is 18.5 Å². The molecular formula is C20H23ClN6O2. The third-order valence-electron chi connectivity index (χ3n) is 4.43. The average Bonchev–Trinajstić information content (AvgIpc) is 3.17. The number of methoxy groups -OCH3 is 1. The zero-order valence-electron chi connectivity index (χ0n) is 16.5. The number of nitrogens with one attached hydrogen (secondary N) is 1. The standard InChI is InChI=1S/C20H23ClN6O2/c1-26(2)18(15-5-4-6-17(11-15)29-3)12-22-19(28)13-27-24-20(23-25-27)14-7-9-16(21)10-8-14/h4-11,18H,12-13H2,1-3H3,(H,22,28). The Morgan fingerprint density at radius 2 is 2.00 bits per heavy atom. The smallest absolute Gasteiger partial charge is 0.243 e. The van der Waals surface area contributed by atoms with Crippen molar-refractivity contribution in [3.63, 3.8) is 0 Å². The Balaban J connectivity index is 1.60. The highest BCUT2D eigenvalue weighted by Crippen LogP contribution is 2.22. The third-order valence-corrected chi connectivity index (χ3v) is 4.69. The quantitative estimate of drug-likeness (QED) is 0.609. The number of hydrogen-bond donors (Lipinski definition) is 1. The number of aromatic nitrogens is 4. The van der Waals surface area contributed by atoms with Gasteiger partial charge in [0.15, 0.2) is 0 Å². The van der Waals surface area contributed by atoms with Gasteiger partial charge in [0, 0.05) is 17.1 Å². The van der Waals surface area contributed by atoms with E-state index in [0.717, 1.165) is 16.9 Å². The molecule has 0 aliphatic carbocycles. The fraction of sp³-hybridized carbons (Fsp3) is 0.300. The molecule has 0 fully saturated rings. The number of halogens is 1. The highest BCUT2D eigenvalue weighted by Gasteiger charge is 2.17. The maximum absolute atomic E-state index is 12.4. The van der Waals surface area contributed by atoms with Crippen molar-refractivity contribution >= 4 is 17.5 Å². The average molecular weight is 415 g/mol.